The zero-order chi connectivity index (χ0) is 13.2. The van der Waals surface area contributed by atoms with E-state index in [1.807, 2.05) is 0 Å². The van der Waals surface area contributed by atoms with Gasteiger partial charge in [0.05, 0.1) is 6.61 Å². The Labute approximate surface area is 108 Å². The molecular formula is C14H22N2O2. The number of aromatic nitrogens is 2. The minimum absolute atomic E-state index is 0.0205. The number of aliphatic hydroxyl groups excluding tert-OH is 1. The molecule has 4 nitrogen and oxygen atoms in total. The van der Waals surface area contributed by atoms with Crippen LogP contribution in [0.5, 0.6) is 0 Å². The van der Waals surface area contributed by atoms with Crippen LogP contribution in [0.4, 0.5) is 0 Å². The molecule has 0 radical (unpaired) electrons. The van der Waals surface area contributed by atoms with Crippen LogP contribution in [0.3, 0.4) is 0 Å². The molecule has 0 aliphatic heterocycles. The second-order valence-electron chi connectivity index (χ2n) is 5.94. The molecule has 1 N–H and O–H groups in total. The standard InChI is InChI=1S/C14H22N2O2/c1-13(2)4-6-14(18-3,7-5-13)12-15-8-11(10-17)9-16-12/h8-9,17H,4-7,10H2,1-3H3. The maximum atomic E-state index is 9.02. The predicted octanol–water partition coefficient (Wildman–Crippen LogP) is 2.41. The first-order valence-corrected chi connectivity index (χ1v) is 6.49. The first-order chi connectivity index (χ1) is 8.51. The van der Waals surface area contributed by atoms with E-state index in [2.05, 4.69) is 23.8 Å². The van der Waals surface area contributed by atoms with E-state index in [4.69, 9.17) is 9.84 Å². The molecule has 1 fully saturated rings. The van der Waals surface area contributed by atoms with Gasteiger partial charge in [-0.25, -0.2) is 9.97 Å². The molecule has 1 aliphatic carbocycles. The zero-order valence-electron chi connectivity index (χ0n) is 11.4. The van der Waals surface area contributed by atoms with Crippen LogP contribution in [0.15, 0.2) is 12.4 Å². The second kappa shape index (κ2) is 4.94. The lowest BCUT2D eigenvalue weighted by molar-refractivity contribution is -0.0729. The lowest BCUT2D eigenvalue weighted by atomic mass is 9.70. The minimum Gasteiger partial charge on any atom is -0.392 e. The molecule has 2 rings (SSSR count). The van der Waals surface area contributed by atoms with Gasteiger partial charge in [-0.1, -0.05) is 13.8 Å². The molecule has 1 aromatic rings. The van der Waals surface area contributed by atoms with Crippen LogP contribution in [0.2, 0.25) is 0 Å². The van der Waals surface area contributed by atoms with Crippen molar-refractivity contribution in [1.82, 2.24) is 9.97 Å². The molecule has 0 spiro atoms. The molecule has 18 heavy (non-hydrogen) atoms. The van der Waals surface area contributed by atoms with Gasteiger partial charge >= 0.3 is 0 Å². The van der Waals surface area contributed by atoms with E-state index in [0.29, 0.717) is 5.41 Å². The normalized spacial score (nSPS) is 21.8. The first kappa shape index (κ1) is 13.4. The van der Waals surface area contributed by atoms with Crippen molar-refractivity contribution in [3.8, 4) is 0 Å². The van der Waals surface area contributed by atoms with E-state index in [9.17, 15) is 0 Å². The Kier molecular flexibility index (Phi) is 3.69. The summed E-state index contributed by atoms with van der Waals surface area (Å²) in [4.78, 5) is 8.74. The molecule has 1 aliphatic rings. The van der Waals surface area contributed by atoms with Crippen molar-refractivity contribution in [2.75, 3.05) is 7.11 Å². The molecule has 0 unspecified atom stereocenters. The fourth-order valence-corrected chi connectivity index (χ4v) is 2.52. The van der Waals surface area contributed by atoms with Crippen LogP contribution in [0.1, 0.15) is 50.9 Å². The summed E-state index contributed by atoms with van der Waals surface area (Å²) in [6.07, 6.45) is 7.51. The molecular weight excluding hydrogens is 228 g/mol. The Bertz CT molecular complexity index is 391. The maximum absolute atomic E-state index is 9.02. The number of ether oxygens (including phenoxy) is 1. The Morgan fingerprint density at radius 2 is 1.72 bits per heavy atom. The Morgan fingerprint density at radius 1 is 1.17 bits per heavy atom. The molecule has 0 saturated heterocycles. The third-order valence-corrected chi connectivity index (χ3v) is 4.10. The third-order valence-electron chi connectivity index (χ3n) is 4.10. The number of aliphatic hydroxyl groups is 1. The van der Waals surface area contributed by atoms with Gasteiger partial charge in [0, 0.05) is 25.1 Å². The molecule has 0 atom stereocenters. The van der Waals surface area contributed by atoms with Crippen molar-refractivity contribution in [3.05, 3.63) is 23.8 Å². The van der Waals surface area contributed by atoms with Gasteiger partial charge in [-0.2, -0.15) is 0 Å². The van der Waals surface area contributed by atoms with Gasteiger partial charge in [0.25, 0.3) is 0 Å². The molecule has 4 heteroatoms. The van der Waals surface area contributed by atoms with Crippen LogP contribution in [-0.2, 0) is 16.9 Å². The largest absolute Gasteiger partial charge is 0.392 e. The van der Waals surface area contributed by atoms with Gasteiger partial charge in [0.15, 0.2) is 5.82 Å². The SMILES string of the molecule is COC1(c2ncc(CO)cn2)CCC(C)(C)CC1. The van der Waals surface area contributed by atoms with E-state index in [1.54, 1.807) is 19.5 Å². The van der Waals surface area contributed by atoms with Gasteiger partial charge in [0.2, 0.25) is 0 Å². The average Bonchev–Trinajstić information content (AvgIpc) is 2.40. The Balaban J connectivity index is 2.22. The summed E-state index contributed by atoms with van der Waals surface area (Å²) in [5, 5.41) is 9.02. The van der Waals surface area contributed by atoms with Crippen molar-refractivity contribution < 1.29 is 9.84 Å². The highest BCUT2D eigenvalue weighted by Gasteiger charge is 2.41. The van der Waals surface area contributed by atoms with Gasteiger partial charge in [-0.05, 0) is 31.1 Å². The second-order valence-corrected chi connectivity index (χ2v) is 5.94. The lowest BCUT2D eigenvalue weighted by Gasteiger charge is -2.41. The number of hydrogen-bond donors (Lipinski definition) is 1. The summed E-state index contributed by atoms with van der Waals surface area (Å²) in [6.45, 7) is 4.57. The van der Waals surface area contributed by atoms with Crippen molar-refractivity contribution in [3.63, 3.8) is 0 Å². The first-order valence-electron chi connectivity index (χ1n) is 6.49. The fourth-order valence-electron chi connectivity index (χ4n) is 2.52. The van der Waals surface area contributed by atoms with Crippen molar-refractivity contribution in [2.24, 2.45) is 5.41 Å². The third kappa shape index (κ3) is 2.54. The van der Waals surface area contributed by atoms with Crippen molar-refractivity contribution in [1.29, 1.82) is 0 Å². The molecule has 1 saturated carbocycles. The van der Waals surface area contributed by atoms with Crippen LogP contribution in [-0.4, -0.2) is 22.2 Å². The predicted molar refractivity (Wildman–Crippen MR) is 68.9 cm³/mol. The Morgan fingerprint density at radius 3 is 2.17 bits per heavy atom. The molecule has 0 aromatic carbocycles. The molecule has 1 aromatic heterocycles. The van der Waals surface area contributed by atoms with E-state index in [0.717, 1.165) is 37.1 Å². The topological polar surface area (TPSA) is 55.2 Å². The number of rotatable bonds is 3. The number of nitrogens with zero attached hydrogens (tertiary/aromatic N) is 2. The van der Waals surface area contributed by atoms with E-state index in [-0.39, 0.29) is 12.2 Å². The summed E-state index contributed by atoms with van der Waals surface area (Å²) in [5.74, 6) is 0.748. The molecule has 0 amide bonds. The van der Waals surface area contributed by atoms with Gasteiger partial charge in [-0.3, -0.25) is 0 Å². The van der Waals surface area contributed by atoms with Crippen molar-refractivity contribution in [2.45, 2.75) is 51.7 Å². The fraction of sp³-hybridized carbons (Fsp3) is 0.714. The highest BCUT2D eigenvalue weighted by atomic mass is 16.5. The average molecular weight is 250 g/mol. The molecule has 1 heterocycles. The zero-order valence-corrected chi connectivity index (χ0v) is 11.4. The van der Waals surface area contributed by atoms with Crippen molar-refractivity contribution >= 4 is 0 Å². The number of hydrogen-bond acceptors (Lipinski definition) is 4. The monoisotopic (exact) mass is 250 g/mol. The van der Waals surface area contributed by atoms with E-state index in [1.165, 1.54) is 0 Å². The summed E-state index contributed by atoms with van der Waals surface area (Å²) in [7, 11) is 1.74. The van der Waals surface area contributed by atoms with E-state index < -0.39 is 0 Å². The summed E-state index contributed by atoms with van der Waals surface area (Å²) >= 11 is 0. The minimum atomic E-state index is -0.344. The van der Waals surface area contributed by atoms with Crippen LogP contribution >= 0.6 is 0 Å². The van der Waals surface area contributed by atoms with E-state index >= 15 is 0 Å². The quantitative estimate of drug-likeness (QED) is 0.895. The van der Waals surface area contributed by atoms with Gasteiger partial charge in [0.1, 0.15) is 5.60 Å². The highest BCUT2D eigenvalue weighted by molar-refractivity contribution is 5.10. The van der Waals surface area contributed by atoms with Crippen LogP contribution in [0, 0.1) is 5.41 Å². The van der Waals surface area contributed by atoms with Gasteiger partial charge in [-0.15, -0.1) is 0 Å². The Hall–Kier alpha value is -1.00. The number of methoxy groups -OCH3 is 1. The maximum Gasteiger partial charge on any atom is 0.160 e. The smallest absolute Gasteiger partial charge is 0.160 e. The van der Waals surface area contributed by atoms with Crippen LogP contribution in [0.25, 0.3) is 0 Å². The lowest BCUT2D eigenvalue weighted by Crippen LogP contribution is -2.38. The molecule has 0 bridgehead atoms. The summed E-state index contributed by atoms with van der Waals surface area (Å²) in [6, 6.07) is 0. The summed E-state index contributed by atoms with van der Waals surface area (Å²) in [5.41, 5.74) is 0.775. The van der Waals surface area contributed by atoms with Crippen LogP contribution < -0.4 is 0 Å². The van der Waals surface area contributed by atoms with Gasteiger partial charge < -0.3 is 9.84 Å². The highest BCUT2D eigenvalue weighted by Crippen LogP contribution is 2.45. The molecule has 100 valence electrons. The summed E-state index contributed by atoms with van der Waals surface area (Å²) < 4.78 is 5.74.